The van der Waals surface area contributed by atoms with Crippen LogP contribution >= 0.6 is 12.4 Å². The van der Waals surface area contributed by atoms with E-state index < -0.39 is 6.04 Å². The maximum atomic E-state index is 13.0. The summed E-state index contributed by atoms with van der Waals surface area (Å²) < 4.78 is 14.7. The van der Waals surface area contributed by atoms with Crippen molar-refractivity contribution in [3.05, 3.63) is 53.6 Å². The van der Waals surface area contributed by atoms with Crippen LogP contribution < -0.4 is 10.6 Å². The predicted molar refractivity (Wildman–Crippen MR) is 94.7 cm³/mol. The zero-order valence-corrected chi connectivity index (χ0v) is 15.2. The van der Waals surface area contributed by atoms with Gasteiger partial charge in [-0.15, -0.1) is 12.4 Å². The van der Waals surface area contributed by atoms with E-state index in [1.165, 1.54) is 12.1 Å². The van der Waals surface area contributed by atoms with Gasteiger partial charge in [-0.25, -0.2) is 4.39 Å². The molecule has 2 N–H and O–H groups in total. The number of aryl methyl sites for hydroxylation is 1. The summed E-state index contributed by atoms with van der Waals surface area (Å²) in [6, 6.07) is 5.92. The van der Waals surface area contributed by atoms with Crippen LogP contribution in [-0.2, 0) is 17.3 Å². The molecule has 7 heteroatoms. The minimum absolute atomic E-state index is 0. The normalized spacial score (nSPS) is 12.4. The SMILES string of the molecule is CNC(C(=O)NCC(C)(C)c1ccc(F)cc1)c1cnn(C)c1.Cl. The van der Waals surface area contributed by atoms with E-state index in [2.05, 4.69) is 15.7 Å². The molecule has 1 aromatic heterocycles. The largest absolute Gasteiger partial charge is 0.354 e. The monoisotopic (exact) mass is 354 g/mol. The van der Waals surface area contributed by atoms with Crippen molar-refractivity contribution in [1.82, 2.24) is 20.4 Å². The van der Waals surface area contributed by atoms with Gasteiger partial charge in [0.05, 0.1) is 6.20 Å². The number of amides is 1. The Kier molecular flexibility index (Phi) is 6.93. The van der Waals surface area contributed by atoms with Crippen LogP contribution in [0.15, 0.2) is 36.7 Å². The predicted octanol–water partition coefficient (Wildman–Crippen LogP) is 2.34. The number of nitrogens with zero attached hydrogens (tertiary/aromatic N) is 2. The molecule has 0 saturated carbocycles. The lowest BCUT2D eigenvalue weighted by Gasteiger charge is -2.27. The minimum atomic E-state index is -0.451. The minimum Gasteiger partial charge on any atom is -0.354 e. The first-order chi connectivity index (χ1) is 10.8. The molecule has 2 aromatic rings. The molecule has 0 spiro atoms. The number of likely N-dealkylation sites (N-methyl/N-ethyl adjacent to an activating group) is 1. The molecule has 0 aliphatic rings. The van der Waals surface area contributed by atoms with Crippen LogP contribution in [0.3, 0.4) is 0 Å². The lowest BCUT2D eigenvalue weighted by Crippen LogP contribution is -2.42. The molecular formula is C17H24ClFN4O. The van der Waals surface area contributed by atoms with E-state index in [-0.39, 0.29) is 29.5 Å². The van der Waals surface area contributed by atoms with Crippen LogP contribution in [0.1, 0.15) is 31.0 Å². The number of aromatic nitrogens is 2. The summed E-state index contributed by atoms with van der Waals surface area (Å²) >= 11 is 0. The van der Waals surface area contributed by atoms with Gasteiger partial charge >= 0.3 is 0 Å². The van der Waals surface area contributed by atoms with Gasteiger partial charge in [-0.1, -0.05) is 26.0 Å². The molecule has 24 heavy (non-hydrogen) atoms. The zero-order valence-electron chi connectivity index (χ0n) is 14.3. The molecule has 0 radical (unpaired) electrons. The fourth-order valence-corrected chi connectivity index (χ4v) is 2.45. The third-order valence-corrected chi connectivity index (χ3v) is 3.94. The van der Waals surface area contributed by atoms with Gasteiger partial charge in [-0.2, -0.15) is 5.10 Å². The Bertz CT molecular complexity index is 669. The zero-order chi connectivity index (χ0) is 17.0. The fourth-order valence-electron chi connectivity index (χ4n) is 2.45. The Morgan fingerprint density at radius 2 is 1.96 bits per heavy atom. The number of halogens is 2. The molecule has 5 nitrogen and oxygen atoms in total. The molecule has 0 aliphatic carbocycles. The highest BCUT2D eigenvalue weighted by Crippen LogP contribution is 2.23. The van der Waals surface area contributed by atoms with E-state index in [9.17, 15) is 9.18 Å². The van der Waals surface area contributed by atoms with Gasteiger partial charge in [0.15, 0.2) is 0 Å². The van der Waals surface area contributed by atoms with Crippen LogP contribution in [0.5, 0.6) is 0 Å². The lowest BCUT2D eigenvalue weighted by molar-refractivity contribution is -0.123. The molecule has 132 valence electrons. The van der Waals surface area contributed by atoms with Crippen LogP contribution in [0.25, 0.3) is 0 Å². The molecule has 1 aromatic carbocycles. The van der Waals surface area contributed by atoms with Gasteiger partial charge in [-0.05, 0) is 24.7 Å². The number of hydrogen-bond donors (Lipinski definition) is 2. The van der Waals surface area contributed by atoms with Crippen LogP contribution in [-0.4, -0.2) is 29.3 Å². The van der Waals surface area contributed by atoms with Crippen LogP contribution in [0, 0.1) is 5.82 Å². The van der Waals surface area contributed by atoms with E-state index in [0.29, 0.717) is 6.54 Å². The van der Waals surface area contributed by atoms with Crippen LogP contribution in [0.4, 0.5) is 4.39 Å². The van der Waals surface area contributed by atoms with Crippen molar-refractivity contribution in [2.24, 2.45) is 7.05 Å². The van der Waals surface area contributed by atoms with Crippen molar-refractivity contribution in [3.63, 3.8) is 0 Å². The topological polar surface area (TPSA) is 59.0 Å². The summed E-state index contributed by atoms with van der Waals surface area (Å²) in [5, 5.41) is 10.1. The molecule has 1 amide bonds. The third kappa shape index (κ3) is 4.79. The molecule has 1 heterocycles. The quantitative estimate of drug-likeness (QED) is 0.837. The summed E-state index contributed by atoms with van der Waals surface area (Å²) in [6.45, 7) is 4.48. The molecule has 1 unspecified atom stereocenters. The van der Waals surface area contributed by atoms with Crippen molar-refractivity contribution in [3.8, 4) is 0 Å². The number of rotatable bonds is 6. The van der Waals surface area contributed by atoms with Gasteiger partial charge in [-0.3, -0.25) is 9.48 Å². The van der Waals surface area contributed by atoms with Crippen molar-refractivity contribution in [2.45, 2.75) is 25.3 Å². The van der Waals surface area contributed by atoms with E-state index in [4.69, 9.17) is 0 Å². The van der Waals surface area contributed by atoms with Gasteiger partial charge in [0, 0.05) is 30.8 Å². The number of benzene rings is 1. The first kappa shape index (κ1) is 20.1. The Labute approximate surface area is 148 Å². The molecule has 0 bridgehead atoms. The Morgan fingerprint density at radius 1 is 1.33 bits per heavy atom. The average Bonchev–Trinajstić information content (AvgIpc) is 2.93. The smallest absolute Gasteiger partial charge is 0.241 e. The van der Waals surface area contributed by atoms with Gasteiger partial charge in [0.25, 0.3) is 0 Å². The highest BCUT2D eigenvalue weighted by atomic mass is 35.5. The molecular weight excluding hydrogens is 331 g/mol. The Balaban J connectivity index is 0.00000288. The maximum absolute atomic E-state index is 13.0. The first-order valence-electron chi connectivity index (χ1n) is 7.53. The Hall–Kier alpha value is -1.92. The second-order valence-electron chi connectivity index (χ2n) is 6.28. The summed E-state index contributed by atoms with van der Waals surface area (Å²) in [6.07, 6.45) is 3.48. The number of carbonyl (C=O) groups is 1. The van der Waals surface area contributed by atoms with E-state index in [1.807, 2.05) is 27.1 Å². The summed E-state index contributed by atoms with van der Waals surface area (Å²) in [5.74, 6) is -0.379. The van der Waals surface area contributed by atoms with Crippen molar-refractivity contribution >= 4 is 18.3 Å². The molecule has 0 fully saturated rings. The van der Waals surface area contributed by atoms with E-state index >= 15 is 0 Å². The summed E-state index contributed by atoms with van der Waals surface area (Å²) in [4.78, 5) is 12.4. The van der Waals surface area contributed by atoms with Gasteiger partial charge in [0.2, 0.25) is 5.91 Å². The number of carbonyl (C=O) groups excluding carboxylic acids is 1. The van der Waals surface area contributed by atoms with Crippen molar-refractivity contribution < 1.29 is 9.18 Å². The summed E-state index contributed by atoms with van der Waals surface area (Å²) in [5.41, 5.74) is 1.49. The standard InChI is InChI=1S/C17H23FN4O.ClH/c1-17(2,13-5-7-14(18)8-6-13)11-20-16(23)15(19-3)12-9-21-22(4)10-12;/h5-10,15,19H,11H2,1-4H3,(H,20,23);1H. The van der Waals surface area contributed by atoms with E-state index in [1.54, 1.807) is 30.1 Å². The lowest BCUT2D eigenvalue weighted by atomic mass is 9.84. The van der Waals surface area contributed by atoms with Crippen molar-refractivity contribution in [2.75, 3.05) is 13.6 Å². The third-order valence-electron chi connectivity index (χ3n) is 3.94. The molecule has 0 aliphatic heterocycles. The highest BCUT2D eigenvalue weighted by Gasteiger charge is 2.25. The molecule has 2 rings (SSSR count). The Morgan fingerprint density at radius 3 is 2.46 bits per heavy atom. The maximum Gasteiger partial charge on any atom is 0.241 e. The highest BCUT2D eigenvalue weighted by molar-refractivity contribution is 5.85. The second kappa shape index (κ2) is 8.26. The molecule has 1 atom stereocenters. The summed E-state index contributed by atoms with van der Waals surface area (Å²) in [7, 11) is 3.55. The first-order valence-corrected chi connectivity index (χ1v) is 7.53. The number of nitrogens with one attached hydrogen (secondary N) is 2. The average molecular weight is 355 g/mol. The second-order valence-corrected chi connectivity index (χ2v) is 6.28. The van der Waals surface area contributed by atoms with Gasteiger partial charge < -0.3 is 10.6 Å². The van der Waals surface area contributed by atoms with E-state index in [0.717, 1.165) is 11.1 Å². The van der Waals surface area contributed by atoms with Crippen molar-refractivity contribution in [1.29, 1.82) is 0 Å². The number of hydrogen-bond acceptors (Lipinski definition) is 3. The van der Waals surface area contributed by atoms with Crippen LogP contribution in [0.2, 0.25) is 0 Å². The van der Waals surface area contributed by atoms with Gasteiger partial charge in [0.1, 0.15) is 11.9 Å². The fraction of sp³-hybridized carbons (Fsp3) is 0.412. The molecule has 0 saturated heterocycles.